The van der Waals surface area contributed by atoms with Gasteiger partial charge < -0.3 is 34.7 Å². The van der Waals surface area contributed by atoms with E-state index in [9.17, 15) is 40.0 Å². The third kappa shape index (κ3) is 6.37. The Kier molecular flexibility index (Phi) is 11.5. The molecular weight excluding hydrogens is 552 g/mol. The lowest BCUT2D eigenvalue weighted by Crippen LogP contribution is -3.16. The molecule has 2 rings (SSSR count). The quantitative estimate of drug-likeness (QED) is 0.0686. The molecule has 18 heteroatoms. The molecule has 0 aliphatic carbocycles. The number of quaternary nitrogens is 2. The highest BCUT2D eigenvalue weighted by Crippen LogP contribution is 2.26. The number of aromatic nitrogens is 3. The molecule has 0 saturated carbocycles. The van der Waals surface area contributed by atoms with Gasteiger partial charge in [-0.05, 0) is 39.8 Å². The fraction of sp³-hybridized carbons (Fsp3) is 0.435. The van der Waals surface area contributed by atoms with Gasteiger partial charge in [0.1, 0.15) is 0 Å². The van der Waals surface area contributed by atoms with Crippen LogP contribution >= 0.6 is 0 Å². The summed E-state index contributed by atoms with van der Waals surface area (Å²) >= 11 is 0. The number of nitrogens with one attached hydrogen (secondary N) is 3. The molecule has 0 fully saturated rings. The first-order valence-electron chi connectivity index (χ1n) is 12.2. The van der Waals surface area contributed by atoms with Crippen LogP contribution in [0.5, 0.6) is 0 Å². The highest BCUT2D eigenvalue weighted by atomic mass is 16.8. The summed E-state index contributed by atoms with van der Waals surface area (Å²) in [5.74, 6) is -9.86. The maximum atomic E-state index is 13.1. The molecule has 224 valence electrons. The number of para-hydroxylation sites is 1. The Morgan fingerprint density at radius 3 is 1.34 bits per heavy atom. The van der Waals surface area contributed by atoms with Gasteiger partial charge in [-0.25, -0.2) is 34.6 Å². The van der Waals surface area contributed by atoms with Crippen LogP contribution in [0.15, 0.2) is 30.3 Å². The second kappa shape index (κ2) is 14.3. The molecule has 2 aromatic rings. The molecule has 5 N–H and O–H groups in total. The molecule has 0 aliphatic heterocycles. The molecule has 41 heavy (non-hydrogen) atoms. The molecular formula is C23H30N6O12. The average Bonchev–Trinajstić information content (AvgIpc) is 2.90. The average molecular weight is 583 g/mol. The zero-order valence-electron chi connectivity index (χ0n) is 22.5. The number of ether oxygens (including phenoxy) is 4. The van der Waals surface area contributed by atoms with Gasteiger partial charge in [-0.2, -0.15) is 20.4 Å². The van der Waals surface area contributed by atoms with Crippen LogP contribution in [-0.4, -0.2) is 75.7 Å². The summed E-state index contributed by atoms with van der Waals surface area (Å²) in [5.41, 5.74) is -6.62. The van der Waals surface area contributed by atoms with E-state index >= 15 is 0 Å². The van der Waals surface area contributed by atoms with Gasteiger partial charge in [-0.3, -0.25) is 0 Å². The van der Waals surface area contributed by atoms with Gasteiger partial charge in [-0.15, -0.1) is 0 Å². The van der Waals surface area contributed by atoms with Crippen molar-refractivity contribution in [3.63, 3.8) is 0 Å². The minimum absolute atomic E-state index is 0.261. The number of anilines is 2. The van der Waals surface area contributed by atoms with Gasteiger partial charge in [0.2, 0.25) is 17.6 Å². The number of hydrogen-bond donors (Lipinski definition) is 5. The smallest absolute Gasteiger partial charge is 0.392 e. The Balaban J connectivity index is 3.10. The minimum atomic E-state index is -3.44. The number of esters is 4. The Labute approximate surface area is 232 Å². The molecule has 0 amide bonds. The van der Waals surface area contributed by atoms with Crippen molar-refractivity contribution in [3.05, 3.63) is 52.4 Å². The van der Waals surface area contributed by atoms with Gasteiger partial charge in [0.15, 0.2) is 0 Å². The van der Waals surface area contributed by atoms with Gasteiger partial charge in [0.25, 0.3) is 0 Å². The Morgan fingerprint density at radius 1 is 0.707 bits per heavy atom. The summed E-state index contributed by atoms with van der Waals surface area (Å²) in [4.78, 5) is 64.1. The first-order chi connectivity index (χ1) is 19.5. The number of hydroxylamine groups is 4. The number of nitrogens with zero attached hydrogens (tertiary/aromatic N) is 3. The molecule has 0 radical (unpaired) electrons. The monoisotopic (exact) mass is 582 g/mol. The predicted molar refractivity (Wildman–Crippen MR) is 132 cm³/mol. The van der Waals surface area contributed by atoms with Crippen LogP contribution in [0.3, 0.4) is 0 Å². The Hall–Kier alpha value is -4.33. The third-order valence-corrected chi connectivity index (χ3v) is 5.30. The topological polar surface area (TPSA) is 251 Å². The predicted octanol–water partition coefficient (Wildman–Crippen LogP) is -2.20. The first-order valence-corrected chi connectivity index (χ1v) is 12.2. The van der Waals surface area contributed by atoms with Crippen LogP contribution in [0.2, 0.25) is 0 Å². The third-order valence-electron chi connectivity index (χ3n) is 5.30. The first kappa shape index (κ1) is 32.9. The molecule has 1 aromatic carbocycles. The zero-order chi connectivity index (χ0) is 30.8. The minimum Gasteiger partial charge on any atom is -0.598 e. The van der Waals surface area contributed by atoms with Crippen molar-refractivity contribution >= 4 is 35.5 Å². The molecule has 0 saturated heterocycles. The molecule has 2 unspecified atom stereocenters. The van der Waals surface area contributed by atoms with E-state index in [1.54, 1.807) is 18.2 Å². The summed E-state index contributed by atoms with van der Waals surface area (Å²) in [6, 6.07) is 7.84. The Bertz CT molecular complexity index is 1120. The molecule has 1 heterocycles. The molecule has 18 nitrogen and oxygen atoms in total. The van der Waals surface area contributed by atoms with E-state index in [1.165, 1.54) is 39.8 Å². The van der Waals surface area contributed by atoms with Crippen molar-refractivity contribution in [2.24, 2.45) is 0 Å². The summed E-state index contributed by atoms with van der Waals surface area (Å²) in [5, 5.41) is 44.1. The summed E-state index contributed by atoms with van der Waals surface area (Å²) < 4.78 is 19.4. The van der Waals surface area contributed by atoms with Crippen molar-refractivity contribution in [2.75, 3.05) is 31.7 Å². The van der Waals surface area contributed by atoms with Crippen molar-refractivity contribution in [1.82, 2.24) is 15.0 Å². The maximum Gasteiger partial charge on any atom is 0.392 e. The molecule has 1 aromatic heterocycles. The van der Waals surface area contributed by atoms with Crippen molar-refractivity contribution in [1.29, 1.82) is 0 Å². The fourth-order valence-corrected chi connectivity index (χ4v) is 3.45. The number of rotatable bonds is 14. The van der Waals surface area contributed by atoms with Crippen LogP contribution in [0.1, 0.15) is 39.3 Å². The lowest BCUT2D eigenvalue weighted by molar-refractivity contribution is -1.08. The summed E-state index contributed by atoms with van der Waals surface area (Å²) in [6.45, 7) is 3.72. The summed E-state index contributed by atoms with van der Waals surface area (Å²) in [7, 11) is 0. The van der Waals surface area contributed by atoms with Crippen molar-refractivity contribution < 1.29 is 59.0 Å². The fourth-order valence-electron chi connectivity index (χ4n) is 3.45. The van der Waals surface area contributed by atoms with Crippen LogP contribution in [-0.2, 0) is 49.2 Å². The molecule has 0 spiro atoms. The van der Waals surface area contributed by atoms with Crippen LogP contribution in [0.4, 0.5) is 11.6 Å². The van der Waals surface area contributed by atoms with E-state index in [2.05, 4.69) is 20.3 Å². The normalized spacial score (nSPS) is 13.0. The van der Waals surface area contributed by atoms with E-state index in [-0.39, 0.29) is 5.69 Å². The second-order valence-corrected chi connectivity index (χ2v) is 7.79. The van der Waals surface area contributed by atoms with E-state index in [1.807, 2.05) is 0 Å². The van der Waals surface area contributed by atoms with Gasteiger partial charge in [0, 0.05) is 5.69 Å². The van der Waals surface area contributed by atoms with E-state index in [4.69, 9.17) is 18.9 Å². The highest BCUT2D eigenvalue weighted by Gasteiger charge is 2.65. The molecule has 0 aliphatic rings. The molecule has 2 atom stereocenters. The van der Waals surface area contributed by atoms with E-state index in [0.29, 0.717) is 0 Å². The van der Waals surface area contributed by atoms with Gasteiger partial charge in [0.05, 0.1) is 26.4 Å². The number of benzene rings is 1. The lowest BCUT2D eigenvalue weighted by Gasteiger charge is -2.34. The lowest BCUT2D eigenvalue weighted by atomic mass is 9.96. The van der Waals surface area contributed by atoms with Gasteiger partial charge >= 0.3 is 35.0 Å². The Morgan fingerprint density at radius 2 is 1.05 bits per heavy atom. The summed E-state index contributed by atoms with van der Waals surface area (Å²) in [6.07, 6.45) is 0. The van der Waals surface area contributed by atoms with Gasteiger partial charge in [-0.1, -0.05) is 18.2 Å². The number of hydrogen-bond acceptors (Lipinski definition) is 16. The second-order valence-electron chi connectivity index (χ2n) is 7.79. The maximum absolute atomic E-state index is 13.1. The number of carbonyl (C=O) groups is 4. The zero-order valence-corrected chi connectivity index (χ0v) is 22.5. The van der Waals surface area contributed by atoms with Crippen molar-refractivity contribution in [3.8, 4) is 0 Å². The van der Waals surface area contributed by atoms with Crippen LogP contribution in [0.25, 0.3) is 0 Å². The SMILES string of the molecule is CCOC(=O)C(C(=O)OCC)(c1nc(Nc2ccccc2)nc(C(C(=O)OCC)(C(=O)OCC)[NH+]([O-])O)n1)[NH+]([O-])O. The van der Waals surface area contributed by atoms with Crippen LogP contribution in [0, 0.1) is 10.4 Å². The highest BCUT2D eigenvalue weighted by molar-refractivity contribution is 6.04. The standard InChI is InChI=1S/C23H30N6O12/c1-5-38-17(30)22(28(34)35,18(31)39-6-2)15-25-16(27-21(26-15)24-14-12-10-9-11-13-14)23(29(36)37,19(32)40-7-3)20(33)41-8-4/h9-13,28-29,34,36H,5-8H2,1-4H3,(H,24,25,26,27). The van der Waals surface area contributed by atoms with Crippen molar-refractivity contribution in [2.45, 2.75) is 38.8 Å². The largest absolute Gasteiger partial charge is 0.598 e. The van der Waals surface area contributed by atoms with E-state index in [0.717, 1.165) is 0 Å². The number of carbonyl (C=O) groups excluding carboxylic acids is 4. The van der Waals surface area contributed by atoms with Crippen LogP contribution < -0.4 is 15.8 Å². The molecule has 0 bridgehead atoms. The van der Waals surface area contributed by atoms with E-state index < -0.39 is 89.4 Å².